The molecule has 0 rings (SSSR count). The average Bonchev–Trinajstić information content (AvgIpc) is 1.95. The van der Waals surface area contributed by atoms with Crippen molar-refractivity contribution in [3.63, 3.8) is 0 Å². The van der Waals surface area contributed by atoms with Gasteiger partial charge >= 0.3 is 11.5 Å². The number of hydrogen-bond donors (Lipinski definition) is 1. The molecule has 16 heavy (non-hydrogen) atoms. The minimum atomic E-state index is -4.38. The molecule has 0 aliphatic heterocycles. The van der Waals surface area contributed by atoms with Crippen molar-refractivity contribution in [2.24, 2.45) is 5.73 Å². The van der Waals surface area contributed by atoms with Gasteiger partial charge in [0.2, 0.25) is 0 Å². The summed E-state index contributed by atoms with van der Waals surface area (Å²) in [6, 6.07) is -1.25. The highest BCUT2D eigenvalue weighted by molar-refractivity contribution is 8.00. The summed E-state index contributed by atoms with van der Waals surface area (Å²) in [5, 5.41) is 0. The molecule has 0 unspecified atom stereocenters. The summed E-state index contributed by atoms with van der Waals surface area (Å²) in [6.07, 6.45) is 0. The molecule has 0 fully saturated rings. The van der Waals surface area contributed by atoms with Crippen LogP contribution < -0.4 is 5.73 Å². The van der Waals surface area contributed by atoms with Gasteiger partial charge in [0.1, 0.15) is 11.6 Å². The minimum Gasteiger partial charge on any atom is -0.459 e. The van der Waals surface area contributed by atoms with Gasteiger partial charge in [0.15, 0.2) is 0 Å². The third kappa shape index (κ3) is 10.4. The van der Waals surface area contributed by atoms with E-state index >= 15 is 0 Å². The molecule has 0 radical (unpaired) electrons. The van der Waals surface area contributed by atoms with Crippen LogP contribution in [-0.4, -0.2) is 28.9 Å². The largest absolute Gasteiger partial charge is 0.459 e. The van der Waals surface area contributed by atoms with E-state index in [9.17, 15) is 18.0 Å². The molecule has 0 aliphatic carbocycles. The first-order valence-corrected chi connectivity index (χ1v) is 5.19. The third-order valence-corrected chi connectivity index (χ3v) is 1.99. The molecule has 0 aromatic heterocycles. The maximum absolute atomic E-state index is 11.8. The Morgan fingerprint density at radius 3 is 2.12 bits per heavy atom. The monoisotopic (exact) mass is 281 g/mol. The standard InChI is InChI=1S/C8H14F3NO2S.ClH/c1-7(2,3)14-6(13)5(12)4-15-8(9,10)11;/h5H,4,12H2,1-3H3;1H/t5-;/m0./s1. The number of carbonyl (C=O) groups is 1. The molecule has 0 aliphatic rings. The number of carbonyl (C=O) groups excluding carboxylic acids is 1. The zero-order valence-corrected chi connectivity index (χ0v) is 10.8. The first-order chi connectivity index (χ1) is 6.51. The fraction of sp³-hybridized carbons (Fsp3) is 0.875. The van der Waals surface area contributed by atoms with E-state index in [1.807, 2.05) is 0 Å². The Balaban J connectivity index is 0. The van der Waals surface area contributed by atoms with Gasteiger partial charge in [-0.05, 0) is 32.5 Å². The lowest BCUT2D eigenvalue weighted by atomic mass is 10.2. The highest BCUT2D eigenvalue weighted by Crippen LogP contribution is 2.30. The fourth-order valence-electron chi connectivity index (χ4n) is 0.630. The van der Waals surface area contributed by atoms with Gasteiger partial charge in [-0.3, -0.25) is 4.79 Å². The number of esters is 1. The van der Waals surface area contributed by atoms with Crippen LogP contribution in [0.4, 0.5) is 13.2 Å². The van der Waals surface area contributed by atoms with Crippen molar-refractivity contribution >= 4 is 30.1 Å². The summed E-state index contributed by atoms with van der Waals surface area (Å²) >= 11 is -0.330. The lowest BCUT2D eigenvalue weighted by Gasteiger charge is -2.22. The summed E-state index contributed by atoms with van der Waals surface area (Å²) in [7, 11) is 0. The molecule has 0 aromatic carbocycles. The molecule has 1 atom stereocenters. The predicted octanol–water partition coefficient (Wildman–Crippen LogP) is 2.33. The van der Waals surface area contributed by atoms with E-state index in [0.717, 1.165) is 0 Å². The summed E-state index contributed by atoms with van der Waals surface area (Å²) < 4.78 is 40.1. The molecule has 8 heteroatoms. The summed E-state index contributed by atoms with van der Waals surface area (Å²) in [4.78, 5) is 11.1. The predicted molar refractivity (Wildman–Crippen MR) is 59.6 cm³/mol. The molecule has 0 saturated carbocycles. The van der Waals surface area contributed by atoms with Crippen LogP contribution in [0.3, 0.4) is 0 Å². The van der Waals surface area contributed by atoms with Crippen LogP contribution in [0.25, 0.3) is 0 Å². The van der Waals surface area contributed by atoms with Crippen LogP contribution in [0.5, 0.6) is 0 Å². The van der Waals surface area contributed by atoms with Crippen molar-refractivity contribution in [3.8, 4) is 0 Å². The second-order valence-corrected chi connectivity index (χ2v) is 4.98. The Morgan fingerprint density at radius 1 is 1.38 bits per heavy atom. The molecular weight excluding hydrogens is 267 g/mol. The quantitative estimate of drug-likeness (QED) is 0.807. The first-order valence-electron chi connectivity index (χ1n) is 4.20. The van der Waals surface area contributed by atoms with Crippen molar-refractivity contribution in [3.05, 3.63) is 0 Å². The Labute approximate surface area is 103 Å². The smallest absolute Gasteiger partial charge is 0.441 e. The van der Waals surface area contributed by atoms with Gasteiger partial charge in [0, 0.05) is 5.75 Å². The number of halogens is 4. The number of hydrogen-bond acceptors (Lipinski definition) is 4. The van der Waals surface area contributed by atoms with Crippen LogP contribution in [0.15, 0.2) is 0 Å². The molecule has 0 spiro atoms. The highest BCUT2D eigenvalue weighted by atomic mass is 35.5. The Hall–Kier alpha value is -0.140. The summed E-state index contributed by atoms with van der Waals surface area (Å²) in [5.74, 6) is -1.35. The van der Waals surface area contributed by atoms with Crippen molar-refractivity contribution in [1.29, 1.82) is 0 Å². The van der Waals surface area contributed by atoms with Crippen molar-refractivity contribution in [1.82, 2.24) is 0 Å². The highest BCUT2D eigenvalue weighted by Gasteiger charge is 2.31. The van der Waals surface area contributed by atoms with E-state index in [2.05, 4.69) is 0 Å². The summed E-state index contributed by atoms with van der Waals surface area (Å²) in [5.41, 5.74) is 0.122. The lowest BCUT2D eigenvalue weighted by molar-refractivity contribution is -0.155. The van der Waals surface area contributed by atoms with E-state index < -0.39 is 28.9 Å². The van der Waals surface area contributed by atoms with E-state index in [1.165, 1.54) is 0 Å². The normalized spacial score (nSPS) is 13.9. The number of rotatable bonds is 3. The number of nitrogens with two attached hydrogens (primary N) is 1. The molecule has 0 amide bonds. The third-order valence-electron chi connectivity index (χ3n) is 1.14. The molecular formula is C8H15ClF3NO2S. The topological polar surface area (TPSA) is 52.3 Å². The molecule has 3 nitrogen and oxygen atoms in total. The van der Waals surface area contributed by atoms with Crippen molar-refractivity contribution < 1.29 is 22.7 Å². The van der Waals surface area contributed by atoms with E-state index in [1.54, 1.807) is 20.8 Å². The molecule has 0 aromatic rings. The minimum absolute atomic E-state index is 0. The van der Waals surface area contributed by atoms with Gasteiger partial charge in [-0.25, -0.2) is 0 Å². The molecule has 0 bridgehead atoms. The van der Waals surface area contributed by atoms with Crippen molar-refractivity contribution in [2.75, 3.05) is 5.75 Å². The van der Waals surface area contributed by atoms with Gasteiger partial charge in [-0.15, -0.1) is 12.4 Å². The number of alkyl halides is 3. The van der Waals surface area contributed by atoms with Gasteiger partial charge in [0.05, 0.1) is 0 Å². The number of thioether (sulfide) groups is 1. The first kappa shape index (κ1) is 18.2. The van der Waals surface area contributed by atoms with E-state index in [-0.39, 0.29) is 24.2 Å². The second kappa shape index (κ2) is 6.56. The van der Waals surface area contributed by atoms with Crippen LogP contribution >= 0.6 is 24.2 Å². The molecule has 98 valence electrons. The van der Waals surface area contributed by atoms with Gasteiger partial charge in [-0.2, -0.15) is 13.2 Å². The zero-order chi connectivity index (χ0) is 12.3. The maximum Gasteiger partial charge on any atom is 0.441 e. The van der Waals surface area contributed by atoms with Gasteiger partial charge < -0.3 is 10.5 Å². The van der Waals surface area contributed by atoms with E-state index in [0.29, 0.717) is 0 Å². The van der Waals surface area contributed by atoms with Crippen molar-refractivity contribution in [2.45, 2.75) is 37.9 Å². The van der Waals surface area contributed by atoms with Crippen LogP contribution in [0.1, 0.15) is 20.8 Å². The van der Waals surface area contributed by atoms with Gasteiger partial charge in [-0.1, -0.05) is 0 Å². The molecule has 0 heterocycles. The zero-order valence-electron chi connectivity index (χ0n) is 9.13. The van der Waals surface area contributed by atoms with E-state index in [4.69, 9.17) is 10.5 Å². The molecule has 0 saturated heterocycles. The van der Waals surface area contributed by atoms with Gasteiger partial charge in [0.25, 0.3) is 0 Å². The van der Waals surface area contributed by atoms with Crippen LogP contribution in [0, 0.1) is 0 Å². The average molecular weight is 282 g/mol. The maximum atomic E-state index is 11.8. The van der Waals surface area contributed by atoms with Crippen LogP contribution in [-0.2, 0) is 9.53 Å². The Bertz CT molecular complexity index is 230. The summed E-state index contributed by atoms with van der Waals surface area (Å²) in [6.45, 7) is 4.86. The second-order valence-electron chi connectivity index (χ2n) is 3.90. The Kier molecular flexibility index (Phi) is 7.47. The Morgan fingerprint density at radius 2 is 1.81 bits per heavy atom. The number of ether oxygens (including phenoxy) is 1. The molecule has 2 N–H and O–H groups in total. The fourth-order valence-corrected chi connectivity index (χ4v) is 1.13. The van der Waals surface area contributed by atoms with Crippen LogP contribution in [0.2, 0.25) is 0 Å². The SMILES string of the molecule is CC(C)(C)OC(=O)[C@@H](N)CSC(F)(F)F.Cl. The lowest BCUT2D eigenvalue weighted by Crippen LogP contribution is -2.39.